The second-order valence-electron chi connectivity index (χ2n) is 12.2. The highest BCUT2D eigenvalue weighted by atomic mass is 32.1. The first-order valence-electron chi connectivity index (χ1n) is 15.3. The Balaban J connectivity index is 1.50. The molecule has 5 unspecified atom stereocenters. The maximum Gasteiger partial charge on any atom is 0.246 e. The maximum absolute atomic E-state index is 14.0. The normalized spacial score (nSPS) is 28.3. The maximum atomic E-state index is 14.0. The molecule has 2 aliphatic carbocycles. The quantitative estimate of drug-likeness (QED) is 0.316. The molecule has 2 N–H and O–H groups in total. The minimum atomic E-state index is -0.517. The van der Waals surface area contributed by atoms with E-state index in [9.17, 15) is 14.4 Å². The summed E-state index contributed by atoms with van der Waals surface area (Å²) in [6.45, 7) is 4.59. The SMILES string of the molecule is [B]C1(CC)CCCCCC(C(=O)c2csc(C3CCCN3C(=O)C(NC(=O)C(C)NC)C3CCCCC3)n2)C1. The summed E-state index contributed by atoms with van der Waals surface area (Å²) in [6.07, 6.45) is 13.8. The van der Waals surface area contributed by atoms with Crippen LogP contribution in [0.25, 0.3) is 0 Å². The number of carbonyl (C=O) groups is 3. The second kappa shape index (κ2) is 13.8. The van der Waals surface area contributed by atoms with Gasteiger partial charge in [-0.05, 0) is 58.4 Å². The Morgan fingerprint density at radius 2 is 1.82 bits per heavy atom. The van der Waals surface area contributed by atoms with E-state index in [2.05, 4.69) is 17.6 Å². The van der Waals surface area contributed by atoms with Gasteiger partial charge in [0.25, 0.3) is 0 Å². The van der Waals surface area contributed by atoms with E-state index in [-0.39, 0.29) is 46.8 Å². The molecule has 0 spiro atoms. The number of aromatic nitrogens is 1. The van der Waals surface area contributed by atoms with Crippen molar-refractivity contribution in [1.82, 2.24) is 20.5 Å². The Morgan fingerprint density at radius 1 is 1.10 bits per heavy atom. The van der Waals surface area contributed by atoms with Crippen molar-refractivity contribution in [2.45, 2.75) is 127 Å². The van der Waals surface area contributed by atoms with Gasteiger partial charge in [-0.2, -0.15) is 0 Å². The lowest BCUT2D eigenvalue weighted by Crippen LogP contribution is -2.55. The van der Waals surface area contributed by atoms with Crippen molar-refractivity contribution >= 4 is 36.8 Å². The molecule has 2 heterocycles. The van der Waals surface area contributed by atoms with Gasteiger partial charge in [0.05, 0.1) is 19.9 Å². The molecule has 1 aromatic rings. The summed E-state index contributed by atoms with van der Waals surface area (Å²) in [5, 5.41) is 8.53. The van der Waals surface area contributed by atoms with E-state index < -0.39 is 6.04 Å². The summed E-state index contributed by atoms with van der Waals surface area (Å²) in [5.74, 6) is 0.0310. The van der Waals surface area contributed by atoms with Crippen LogP contribution in [0, 0.1) is 11.8 Å². The van der Waals surface area contributed by atoms with E-state index in [4.69, 9.17) is 12.8 Å². The van der Waals surface area contributed by atoms with Crippen molar-refractivity contribution in [2.75, 3.05) is 13.6 Å². The fourth-order valence-electron chi connectivity index (χ4n) is 6.77. The largest absolute Gasteiger partial charge is 0.343 e. The smallest absolute Gasteiger partial charge is 0.246 e. The van der Waals surface area contributed by atoms with Crippen molar-refractivity contribution in [1.29, 1.82) is 0 Å². The number of likely N-dealkylation sites (tertiary alicyclic amines) is 1. The Kier molecular flexibility index (Phi) is 10.7. The summed E-state index contributed by atoms with van der Waals surface area (Å²) in [4.78, 5) is 47.2. The average Bonchev–Trinajstić information content (AvgIpc) is 3.63. The highest BCUT2D eigenvalue weighted by Crippen LogP contribution is 2.44. The molecule has 3 fully saturated rings. The summed E-state index contributed by atoms with van der Waals surface area (Å²) < 4.78 is 0. The summed E-state index contributed by atoms with van der Waals surface area (Å²) in [6, 6.07) is -1.02. The van der Waals surface area contributed by atoms with E-state index >= 15 is 0 Å². The van der Waals surface area contributed by atoms with Gasteiger partial charge < -0.3 is 15.5 Å². The van der Waals surface area contributed by atoms with Crippen LogP contribution >= 0.6 is 11.3 Å². The Labute approximate surface area is 240 Å². The van der Waals surface area contributed by atoms with Crippen LogP contribution in [0.2, 0.25) is 5.31 Å². The highest BCUT2D eigenvalue weighted by molar-refractivity contribution is 7.09. The number of nitrogens with zero attached hydrogens (tertiary/aromatic N) is 2. The molecular formula is C30H47BN4O3S. The third kappa shape index (κ3) is 7.32. The van der Waals surface area contributed by atoms with Crippen LogP contribution in [0.15, 0.2) is 5.38 Å². The van der Waals surface area contributed by atoms with Gasteiger partial charge in [-0.1, -0.05) is 63.6 Å². The third-order valence-corrected chi connectivity index (χ3v) is 10.5. The number of rotatable bonds is 9. The predicted octanol–water partition coefficient (Wildman–Crippen LogP) is 5.37. The predicted molar refractivity (Wildman–Crippen MR) is 157 cm³/mol. The van der Waals surface area contributed by atoms with Crippen molar-refractivity contribution in [3.8, 4) is 0 Å². The Hall–Kier alpha value is -1.74. The van der Waals surface area contributed by atoms with Crippen molar-refractivity contribution < 1.29 is 14.4 Å². The third-order valence-electron chi connectivity index (χ3n) is 9.56. The molecule has 1 aliphatic heterocycles. The van der Waals surface area contributed by atoms with E-state index in [0.29, 0.717) is 12.2 Å². The topological polar surface area (TPSA) is 91.4 Å². The zero-order chi connectivity index (χ0) is 28.0. The molecule has 5 atom stereocenters. The number of carbonyl (C=O) groups excluding carboxylic acids is 3. The van der Waals surface area contributed by atoms with Crippen LogP contribution < -0.4 is 10.6 Å². The highest BCUT2D eigenvalue weighted by Gasteiger charge is 2.40. The molecule has 9 heteroatoms. The van der Waals surface area contributed by atoms with Crippen molar-refractivity contribution in [2.24, 2.45) is 11.8 Å². The molecule has 2 saturated carbocycles. The number of amides is 2. The molecule has 1 aromatic heterocycles. The van der Waals surface area contributed by atoms with E-state index in [1.165, 1.54) is 17.8 Å². The average molecular weight is 555 g/mol. The first-order valence-corrected chi connectivity index (χ1v) is 16.2. The van der Waals surface area contributed by atoms with Gasteiger partial charge in [-0.25, -0.2) is 4.98 Å². The summed E-state index contributed by atoms with van der Waals surface area (Å²) in [7, 11) is 8.45. The molecule has 0 bridgehead atoms. The molecule has 1 saturated heterocycles. The number of nitrogens with one attached hydrogen (secondary N) is 2. The van der Waals surface area contributed by atoms with Crippen LogP contribution in [0.4, 0.5) is 0 Å². The van der Waals surface area contributed by atoms with E-state index in [0.717, 1.165) is 88.5 Å². The Bertz CT molecular complexity index is 997. The zero-order valence-corrected chi connectivity index (χ0v) is 25.0. The molecule has 39 heavy (non-hydrogen) atoms. The lowest BCUT2D eigenvalue weighted by Gasteiger charge is -2.35. The van der Waals surface area contributed by atoms with Gasteiger partial charge in [-0.15, -0.1) is 11.3 Å². The molecular weight excluding hydrogens is 507 g/mol. The minimum Gasteiger partial charge on any atom is -0.343 e. The number of hydrogen-bond acceptors (Lipinski definition) is 6. The van der Waals surface area contributed by atoms with Gasteiger partial charge in [0, 0.05) is 17.8 Å². The minimum absolute atomic E-state index is 0.00000821. The van der Waals surface area contributed by atoms with Crippen LogP contribution in [-0.2, 0) is 9.59 Å². The van der Waals surface area contributed by atoms with Crippen LogP contribution in [0.1, 0.15) is 125 Å². The van der Waals surface area contributed by atoms with Crippen LogP contribution in [-0.4, -0.2) is 61.0 Å². The second-order valence-corrected chi connectivity index (χ2v) is 13.1. The molecule has 0 aromatic carbocycles. The fourth-order valence-corrected chi connectivity index (χ4v) is 7.73. The van der Waals surface area contributed by atoms with Gasteiger partial charge in [0.1, 0.15) is 16.7 Å². The standard InChI is InChI=1S/C30H47BN4O3S/c1-4-30(31)16-10-6-9-14-22(18-30)26(36)23-19-39-28(33-23)24-15-11-17-35(24)29(38)25(21-12-7-5-8-13-21)34-27(37)20(2)32-3/h19-22,24-25,32H,4-18H2,1-3H3,(H,34,37). The van der Waals surface area contributed by atoms with Gasteiger partial charge in [0.2, 0.25) is 11.8 Å². The van der Waals surface area contributed by atoms with Crippen LogP contribution in [0.3, 0.4) is 0 Å². The number of Topliss-reactive ketones (excluding diaryl/α,β-unsaturated/α-hetero) is 1. The lowest BCUT2D eigenvalue weighted by molar-refractivity contribution is -0.139. The summed E-state index contributed by atoms with van der Waals surface area (Å²) >= 11 is 1.49. The van der Waals surface area contributed by atoms with Crippen LogP contribution in [0.5, 0.6) is 0 Å². The monoisotopic (exact) mass is 554 g/mol. The molecule has 2 radical (unpaired) electrons. The van der Waals surface area contributed by atoms with E-state index in [1.54, 1.807) is 7.05 Å². The number of hydrogen-bond donors (Lipinski definition) is 2. The number of ketones is 1. The fraction of sp³-hybridized carbons (Fsp3) is 0.800. The Morgan fingerprint density at radius 3 is 2.54 bits per heavy atom. The van der Waals surface area contributed by atoms with E-state index in [1.807, 2.05) is 17.2 Å². The van der Waals surface area contributed by atoms with Crippen molar-refractivity contribution in [3.63, 3.8) is 0 Å². The summed E-state index contributed by atoms with van der Waals surface area (Å²) in [5.41, 5.74) is 0.526. The first kappa shape index (κ1) is 30.2. The number of thiazole rings is 1. The molecule has 4 rings (SSSR count). The first-order chi connectivity index (χ1) is 18.8. The lowest BCUT2D eigenvalue weighted by atomic mass is 9.58. The molecule has 2 amide bonds. The number of likely N-dealkylation sites (N-methyl/N-ethyl adjacent to an activating group) is 1. The molecule has 7 nitrogen and oxygen atoms in total. The van der Waals surface area contributed by atoms with Gasteiger partial charge >= 0.3 is 0 Å². The zero-order valence-electron chi connectivity index (χ0n) is 24.2. The molecule has 3 aliphatic rings. The van der Waals surface area contributed by atoms with Gasteiger partial charge in [-0.3, -0.25) is 14.4 Å². The van der Waals surface area contributed by atoms with Gasteiger partial charge in [0.15, 0.2) is 5.78 Å². The molecule has 214 valence electrons. The van der Waals surface area contributed by atoms with Crippen molar-refractivity contribution in [3.05, 3.63) is 16.1 Å².